The van der Waals surface area contributed by atoms with Crippen molar-refractivity contribution in [3.05, 3.63) is 41.0 Å². The summed E-state index contributed by atoms with van der Waals surface area (Å²) in [5.41, 5.74) is 1.24. The number of esters is 1. The number of hydrogen-bond donors (Lipinski definition) is 0. The van der Waals surface area contributed by atoms with Gasteiger partial charge in [-0.15, -0.1) is 11.3 Å². The monoisotopic (exact) mass is 301 g/mol. The first kappa shape index (κ1) is 13.4. The lowest BCUT2D eigenvalue weighted by atomic mass is 10.1. The maximum absolute atomic E-state index is 11.4. The lowest BCUT2D eigenvalue weighted by Crippen LogP contribution is -2.00. The molecule has 0 unspecified atom stereocenters. The van der Waals surface area contributed by atoms with Crippen LogP contribution in [0, 0.1) is 6.92 Å². The number of carbonyl (C=O) groups is 1. The van der Waals surface area contributed by atoms with Crippen molar-refractivity contribution in [2.75, 3.05) is 7.11 Å². The Labute approximate surface area is 124 Å². The molecular formula is C14H11N3O3S. The van der Waals surface area contributed by atoms with Crippen LogP contribution in [-0.4, -0.2) is 28.2 Å². The topological polar surface area (TPSA) is 78.1 Å². The van der Waals surface area contributed by atoms with Crippen molar-refractivity contribution in [1.29, 1.82) is 0 Å². The number of ether oxygens (including phenoxy) is 1. The Kier molecular flexibility index (Phi) is 3.49. The highest BCUT2D eigenvalue weighted by Crippen LogP contribution is 2.26. The number of thiazole rings is 1. The van der Waals surface area contributed by atoms with Crippen LogP contribution in [0.15, 0.2) is 35.0 Å². The molecule has 0 spiro atoms. The fourth-order valence-electron chi connectivity index (χ4n) is 1.77. The highest BCUT2D eigenvalue weighted by molar-refractivity contribution is 7.14. The van der Waals surface area contributed by atoms with E-state index >= 15 is 0 Å². The number of hydrogen-bond acceptors (Lipinski definition) is 7. The van der Waals surface area contributed by atoms with Gasteiger partial charge in [-0.2, -0.15) is 4.98 Å². The molecule has 3 rings (SSSR count). The predicted molar refractivity (Wildman–Crippen MR) is 76.9 cm³/mol. The van der Waals surface area contributed by atoms with E-state index in [0.717, 1.165) is 15.4 Å². The molecule has 0 aliphatic heterocycles. The third kappa shape index (κ3) is 2.68. The second kappa shape index (κ2) is 5.45. The molecule has 0 radical (unpaired) electrons. The molecule has 3 aromatic rings. The van der Waals surface area contributed by atoms with Crippen molar-refractivity contribution in [2.24, 2.45) is 0 Å². The van der Waals surface area contributed by atoms with Crippen LogP contribution in [0.2, 0.25) is 0 Å². The van der Waals surface area contributed by atoms with Crippen LogP contribution in [0.3, 0.4) is 0 Å². The SMILES string of the molecule is COC(=O)c1ccc(-c2noc(-c3cnc(C)s3)n2)cc1. The van der Waals surface area contributed by atoms with Crippen LogP contribution in [0.4, 0.5) is 0 Å². The van der Waals surface area contributed by atoms with Gasteiger partial charge in [0.15, 0.2) is 0 Å². The fourth-order valence-corrected chi connectivity index (χ4v) is 2.47. The van der Waals surface area contributed by atoms with Crippen LogP contribution in [0.25, 0.3) is 22.2 Å². The van der Waals surface area contributed by atoms with Gasteiger partial charge in [-0.25, -0.2) is 9.78 Å². The zero-order valence-corrected chi connectivity index (χ0v) is 12.2. The molecule has 0 N–H and O–H groups in total. The lowest BCUT2D eigenvalue weighted by Gasteiger charge is -1.99. The molecular weight excluding hydrogens is 290 g/mol. The first-order valence-corrected chi connectivity index (χ1v) is 6.94. The van der Waals surface area contributed by atoms with Crippen LogP contribution in [-0.2, 0) is 4.74 Å². The highest BCUT2D eigenvalue weighted by Gasteiger charge is 2.13. The summed E-state index contributed by atoms with van der Waals surface area (Å²) in [7, 11) is 1.35. The van der Waals surface area contributed by atoms with Gasteiger partial charge in [-0.05, 0) is 19.1 Å². The maximum Gasteiger partial charge on any atom is 0.337 e. The molecule has 0 saturated heterocycles. The standard InChI is InChI=1S/C14H11N3O3S/c1-8-15-7-11(21-8)13-16-12(17-20-13)9-3-5-10(6-4-9)14(18)19-2/h3-7H,1-2H3. The average Bonchev–Trinajstić information content (AvgIpc) is 3.15. The lowest BCUT2D eigenvalue weighted by molar-refractivity contribution is 0.0601. The molecule has 7 heteroatoms. The summed E-state index contributed by atoms with van der Waals surface area (Å²) in [5, 5.41) is 4.88. The van der Waals surface area contributed by atoms with Crippen LogP contribution < -0.4 is 0 Å². The molecule has 1 aromatic carbocycles. The number of rotatable bonds is 3. The minimum atomic E-state index is -0.379. The first-order valence-electron chi connectivity index (χ1n) is 6.12. The average molecular weight is 301 g/mol. The Morgan fingerprint density at radius 2 is 2.05 bits per heavy atom. The quantitative estimate of drug-likeness (QED) is 0.692. The summed E-state index contributed by atoms with van der Waals surface area (Å²) in [6, 6.07) is 6.82. The molecule has 0 saturated carbocycles. The van der Waals surface area contributed by atoms with E-state index in [2.05, 4.69) is 19.9 Å². The van der Waals surface area contributed by atoms with Crippen molar-refractivity contribution in [1.82, 2.24) is 15.1 Å². The van der Waals surface area contributed by atoms with Crippen LogP contribution >= 0.6 is 11.3 Å². The van der Waals surface area contributed by atoms with E-state index < -0.39 is 0 Å². The van der Waals surface area contributed by atoms with Gasteiger partial charge < -0.3 is 9.26 Å². The second-order valence-corrected chi connectivity index (χ2v) is 5.47. The molecule has 0 aliphatic carbocycles. The molecule has 2 heterocycles. The van der Waals surface area contributed by atoms with Gasteiger partial charge in [0.2, 0.25) is 5.82 Å². The van der Waals surface area contributed by atoms with E-state index in [1.54, 1.807) is 30.5 Å². The summed E-state index contributed by atoms with van der Waals surface area (Å²) in [4.78, 5) is 20.7. The molecule has 0 atom stereocenters. The number of nitrogens with zero attached hydrogens (tertiary/aromatic N) is 3. The molecule has 0 bridgehead atoms. The Hall–Kier alpha value is -2.54. The molecule has 0 aliphatic rings. The van der Waals surface area contributed by atoms with Gasteiger partial charge in [0.25, 0.3) is 5.89 Å². The third-order valence-electron chi connectivity index (χ3n) is 2.82. The molecule has 6 nitrogen and oxygen atoms in total. The van der Waals surface area contributed by atoms with Crippen molar-refractivity contribution in [3.8, 4) is 22.2 Å². The van der Waals surface area contributed by atoms with Crippen molar-refractivity contribution < 1.29 is 14.1 Å². The molecule has 0 fully saturated rings. The Morgan fingerprint density at radius 3 is 2.67 bits per heavy atom. The van der Waals surface area contributed by atoms with Gasteiger partial charge in [0.1, 0.15) is 4.88 Å². The summed E-state index contributed by atoms with van der Waals surface area (Å²) in [5.74, 6) is 0.524. The van der Waals surface area contributed by atoms with Gasteiger partial charge in [0.05, 0.1) is 23.9 Å². The Balaban J connectivity index is 1.88. The largest absolute Gasteiger partial charge is 0.465 e. The predicted octanol–water partition coefficient (Wildman–Crippen LogP) is 2.96. The summed E-state index contributed by atoms with van der Waals surface area (Å²) in [6.07, 6.45) is 1.71. The highest BCUT2D eigenvalue weighted by atomic mass is 32.1. The van der Waals surface area contributed by atoms with E-state index in [4.69, 9.17) is 4.52 Å². The van der Waals surface area contributed by atoms with Gasteiger partial charge >= 0.3 is 5.97 Å². The summed E-state index contributed by atoms with van der Waals surface area (Å²) in [6.45, 7) is 1.91. The maximum atomic E-state index is 11.4. The number of benzene rings is 1. The molecule has 106 valence electrons. The van der Waals surface area contributed by atoms with Crippen molar-refractivity contribution in [3.63, 3.8) is 0 Å². The van der Waals surface area contributed by atoms with Crippen molar-refractivity contribution >= 4 is 17.3 Å². The Bertz CT molecular complexity index is 777. The smallest absolute Gasteiger partial charge is 0.337 e. The molecule has 2 aromatic heterocycles. The van der Waals surface area contributed by atoms with E-state index in [1.807, 2.05) is 6.92 Å². The second-order valence-electron chi connectivity index (χ2n) is 4.24. The van der Waals surface area contributed by atoms with E-state index in [0.29, 0.717) is 17.3 Å². The minimum Gasteiger partial charge on any atom is -0.465 e. The Morgan fingerprint density at radius 1 is 1.29 bits per heavy atom. The van der Waals surface area contributed by atoms with Gasteiger partial charge in [-0.1, -0.05) is 17.3 Å². The molecule has 21 heavy (non-hydrogen) atoms. The first-order chi connectivity index (χ1) is 10.2. The van der Waals surface area contributed by atoms with Crippen LogP contribution in [0.1, 0.15) is 15.4 Å². The normalized spacial score (nSPS) is 10.6. The van der Waals surface area contributed by atoms with E-state index in [1.165, 1.54) is 18.4 Å². The third-order valence-corrected chi connectivity index (χ3v) is 3.72. The number of carbonyl (C=O) groups excluding carboxylic acids is 1. The van der Waals surface area contributed by atoms with E-state index in [-0.39, 0.29) is 5.97 Å². The zero-order chi connectivity index (χ0) is 14.8. The van der Waals surface area contributed by atoms with E-state index in [9.17, 15) is 4.79 Å². The van der Waals surface area contributed by atoms with Gasteiger partial charge in [0, 0.05) is 5.56 Å². The number of aryl methyl sites for hydroxylation is 1. The van der Waals surface area contributed by atoms with Gasteiger partial charge in [-0.3, -0.25) is 0 Å². The summed E-state index contributed by atoms with van der Waals surface area (Å²) < 4.78 is 9.89. The zero-order valence-electron chi connectivity index (χ0n) is 11.4. The number of aromatic nitrogens is 3. The molecule has 0 amide bonds. The van der Waals surface area contributed by atoms with Crippen molar-refractivity contribution in [2.45, 2.75) is 6.92 Å². The number of methoxy groups -OCH3 is 1. The van der Waals surface area contributed by atoms with Crippen LogP contribution in [0.5, 0.6) is 0 Å². The minimum absolute atomic E-state index is 0.379. The summed E-state index contributed by atoms with van der Waals surface area (Å²) >= 11 is 1.49. The fraction of sp³-hybridized carbons (Fsp3) is 0.143.